The van der Waals surface area contributed by atoms with E-state index in [2.05, 4.69) is 15.9 Å². The highest BCUT2D eigenvalue weighted by Crippen LogP contribution is 2.43. The first-order valence-electron chi connectivity index (χ1n) is 6.20. The van der Waals surface area contributed by atoms with Crippen LogP contribution in [0.5, 0.6) is 0 Å². The molecule has 1 amide bonds. The van der Waals surface area contributed by atoms with Gasteiger partial charge in [0.25, 0.3) is 0 Å². The van der Waals surface area contributed by atoms with Crippen molar-refractivity contribution in [1.82, 2.24) is 0 Å². The Balaban J connectivity index is 2.01. The second-order valence-electron chi connectivity index (χ2n) is 4.58. The van der Waals surface area contributed by atoms with Gasteiger partial charge < -0.3 is 0 Å². The summed E-state index contributed by atoms with van der Waals surface area (Å²) in [6.07, 6.45) is 0. The topological polar surface area (TPSA) is 20.3 Å². The molecule has 0 aromatic heterocycles. The zero-order valence-corrected chi connectivity index (χ0v) is 14.6. The molecule has 0 spiro atoms. The molecule has 108 valence electrons. The molecule has 0 unspecified atom stereocenters. The van der Waals surface area contributed by atoms with Crippen LogP contribution in [0.2, 0.25) is 10.0 Å². The molecule has 0 aliphatic carbocycles. The Hall–Kier alpha value is -0.680. The number of rotatable bonds is 2. The van der Waals surface area contributed by atoms with E-state index in [0.717, 1.165) is 15.7 Å². The van der Waals surface area contributed by atoms with E-state index < -0.39 is 0 Å². The molecule has 6 heteroatoms. The number of thioether (sulfide) groups is 1. The van der Waals surface area contributed by atoms with Crippen LogP contribution in [0.25, 0.3) is 0 Å². The Morgan fingerprint density at radius 1 is 1.14 bits per heavy atom. The summed E-state index contributed by atoms with van der Waals surface area (Å²) < 4.78 is 0.994. The maximum Gasteiger partial charge on any atom is 0.238 e. The van der Waals surface area contributed by atoms with Gasteiger partial charge in [0.2, 0.25) is 5.91 Å². The molecular formula is C15H10BrCl2NOS. The molecule has 2 aromatic rings. The van der Waals surface area contributed by atoms with Crippen molar-refractivity contribution in [2.24, 2.45) is 0 Å². The third kappa shape index (κ3) is 3.09. The first-order chi connectivity index (χ1) is 10.1. The summed E-state index contributed by atoms with van der Waals surface area (Å²) in [6.45, 7) is 0. The van der Waals surface area contributed by atoms with Crippen molar-refractivity contribution in [2.75, 3.05) is 10.7 Å². The zero-order valence-electron chi connectivity index (χ0n) is 10.7. The lowest BCUT2D eigenvalue weighted by molar-refractivity contribution is -0.115. The van der Waals surface area contributed by atoms with Crippen molar-refractivity contribution < 1.29 is 4.79 Å². The number of hydrogen-bond donors (Lipinski definition) is 0. The number of anilines is 1. The molecule has 1 saturated heterocycles. The minimum atomic E-state index is -0.0488. The van der Waals surface area contributed by atoms with Crippen LogP contribution in [0, 0.1) is 0 Å². The first-order valence-corrected chi connectivity index (χ1v) is 8.80. The van der Waals surface area contributed by atoms with Gasteiger partial charge in [-0.3, -0.25) is 9.69 Å². The molecule has 0 saturated carbocycles. The number of halogens is 3. The van der Waals surface area contributed by atoms with Gasteiger partial charge in [-0.05, 0) is 35.9 Å². The van der Waals surface area contributed by atoms with Gasteiger partial charge in [0.1, 0.15) is 5.37 Å². The Labute approximate surface area is 145 Å². The maximum absolute atomic E-state index is 12.3. The van der Waals surface area contributed by atoms with Gasteiger partial charge >= 0.3 is 0 Å². The third-order valence-electron chi connectivity index (χ3n) is 3.18. The van der Waals surface area contributed by atoms with Crippen LogP contribution in [0.3, 0.4) is 0 Å². The monoisotopic (exact) mass is 401 g/mol. The van der Waals surface area contributed by atoms with Crippen molar-refractivity contribution in [3.8, 4) is 0 Å². The normalized spacial score (nSPS) is 18.3. The van der Waals surface area contributed by atoms with Gasteiger partial charge in [0.15, 0.2) is 0 Å². The van der Waals surface area contributed by atoms with Crippen LogP contribution >= 0.6 is 50.9 Å². The molecular weight excluding hydrogens is 393 g/mol. The number of carbonyl (C=O) groups excluding carboxylic acids is 1. The average molecular weight is 403 g/mol. The van der Waals surface area contributed by atoms with E-state index in [4.69, 9.17) is 23.2 Å². The second kappa shape index (κ2) is 6.21. The van der Waals surface area contributed by atoms with E-state index >= 15 is 0 Å². The summed E-state index contributed by atoms with van der Waals surface area (Å²) in [4.78, 5) is 14.0. The quantitative estimate of drug-likeness (QED) is 0.657. The van der Waals surface area contributed by atoms with E-state index in [-0.39, 0.29) is 11.3 Å². The highest BCUT2D eigenvalue weighted by Gasteiger charge is 2.34. The van der Waals surface area contributed by atoms with Crippen LogP contribution in [0.4, 0.5) is 5.69 Å². The Kier molecular flexibility index (Phi) is 4.50. The molecule has 2 nitrogen and oxygen atoms in total. The molecule has 1 aliphatic rings. The van der Waals surface area contributed by atoms with Crippen molar-refractivity contribution in [2.45, 2.75) is 5.37 Å². The largest absolute Gasteiger partial charge is 0.295 e. The molecule has 3 rings (SSSR count). The van der Waals surface area contributed by atoms with Crippen LogP contribution in [-0.2, 0) is 4.79 Å². The van der Waals surface area contributed by atoms with Gasteiger partial charge in [-0.15, -0.1) is 11.8 Å². The fourth-order valence-corrected chi connectivity index (χ4v) is 4.12. The summed E-state index contributed by atoms with van der Waals surface area (Å²) in [5.74, 6) is 0.528. The molecule has 1 fully saturated rings. The lowest BCUT2D eigenvalue weighted by atomic mass is 10.2. The predicted octanol–water partition coefficient (Wildman–Crippen LogP) is 5.53. The number of nitrogens with zero attached hydrogens (tertiary/aromatic N) is 1. The second-order valence-corrected chi connectivity index (χ2v) is 7.38. The first kappa shape index (κ1) is 15.2. The average Bonchev–Trinajstić information content (AvgIpc) is 2.84. The third-order valence-corrected chi connectivity index (χ3v) is 5.63. The van der Waals surface area contributed by atoms with E-state index in [1.807, 2.05) is 30.3 Å². The lowest BCUT2D eigenvalue weighted by Crippen LogP contribution is -2.27. The zero-order chi connectivity index (χ0) is 15.0. The minimum Gasteiger partial charge on any atom is -0.295 e. The molecule has 0 radical (unpaired) electrons. The van der Waals surface area contributed by atoms with E-state index in [9.17, 15) is 4.79 Å². The van der Waals surface area contributed by atoms with E-state index in [1.54, 1.807) is 28.8 Å². The SMILES string of the molecule is O=C1CS[C@H](c2cccc(Br)c2)N1c1ccc(Cl)c(Cl)c1. The van der Waals surface area contributed by atoms with Crippen molar-refractivity contribution in [1.29, 1.82) is 0 Å². The van der Waals surface area contributed by atoms with Gasteiger partial charge in [0, 0.05) is 10.2 Å². The van der Waals surface area contributed by atoms with Crippen molar-refractivity contribution in [3.05, 3.63) is 62.5 Å². The Morgan fingerprint density at radius 3 is 2.67 bits per heavy atom. The molecule has 0 bridgehead atoms. The van der Waals surface area contributed by atoms with Crippen molar-refractivity contribution >= 4 is 62.5 Å². The smallest absolute Gasteiger partial charge is 0.238 e. The molecule has 21 heavy (non-hydrogen) atoms. The van der Waals surface area contributed by atoms with Gasteiger partial charge in [0.05, 0.1) is 15.8 Å². The van der Waals surface area contributed by atoms with Crippen LogP contribution in [0.15, 0.2) is 46.9 Å². The number of carbonyl (C=O) groups is 1. The Morgan fingerprint density at radius 2 is 1.95 bits per heavy atom. The van der Waals surface area contributed by atoms with Gasteiger partial charge in [-0.25, -0.2) is 0 Å². The van der Waals surface area contributed by atoms with Gasteiger partial charge in [-0.1, -0.05) is 51.3 Å². The van der Waals surface area contributed by atoms with E-state index in [1.165, 1.54) is 0 Å². The van der Waals surface area contributed by atoms with Gasteiger partial charge in [-0.2, -0.15) is 0 Å². The highest BCUT2D eigenvalue weighted by molar-refractivity contribution is 9.10. The summed E-state index contributed by atoms with van der Waals surface area (Å²) >= 11 is 17.1. The fraction of sp³-hybridized carbons (Fsp3) is 0.133. The van der Waals surface area contributed by atoms with E-state index in [0.29, 0.717) is 15.8 Å². The van der Waals surface area contributed by atoms with Crippen molar-refractivity contribution in [3.63, 3.8) is 0 Å². The molecule has 0 N–H and O–H groups in total. The number of benzene rings is 2. The molecule has 1 aliphatic heterocycles. The lowest BCUT2D eigenvalue weighted by Gasteiger charge is -2.24. The van der Waals surface area contributed by atoms with Crippen LogP contribution in [-0.4, -0.2) is 11.7 Å². The molecule has 1 heterocycles. The fourth-order valence-electron chi connectivity index (χ4n) is 2.24. The standard InChI is InChI=1S/C15H10BrCl2NOS/c16-10-3-1-2-9(6-10)15-19(14(20)8-21-15)11-4-5-12(17)13(18)7-11/h1-7,15H,8H2/t15-/m1/s1. The molecule has 2 aromatic carbocycles. The maximum atomic E-state index is 12.3. The summed E-state index contributed by atoms with van der Waals surface area (Å²) in [5.41, 5.74) is 1.84. The van der Waals surface area contributed by atoms with Crippen LogP contribution in [0.1, 0.15) is 10.9 Å². The predicted molar refractivity (Wildman–Crippen MR) is 93.3 cm³/mol. The summed E-state index contributed by atoms with van der Waals surface area (Å²) in [5, 5.41) is 0.887. The Bertz CT molecular complexity index is 710. The number of amides is 1. The number of hydrogen-bond acceptors (Lipinski definition) is 2. The summed E-state index contributed by atoms with van der Waals surface area (Å²) in [7, 11) is 0. The highest BCUT2D eigenvalue weighted by atomic mass is 79.9. The van der Waals surface area contributed by atoms with Crippen LogP contribution < -0.4 is 4.90 Å². The minimum absolute atomic E-state index is 0.0488. The molecule has 1 atom stereocenters. The summed E-state index contributed by atoms with van der Waals surface area (Å²) in [6, 6.07) is 13.3.